The second kappa shape index (κ2) is 6.72. The van der Waals surface area contributed by atoms with E-state index in [1.54, 1.807) is 0 Å². The molecule has 1 rings (SSSR count). The van der Waals surface area contributed by atoms with Crippen LogP contribution in [0.1, 0.15) is 19.8 Å². The predicted octanol–water partition coefficient (Wildman–Crippen LogP) is 1.39. The van der Waals surface area contributed by atoms with Crippen LogP contribution in [0.25, 0.3) is 0 Å². The lowest BCUT2D eigenvalue weighted by molar-refractivity contribution is -0.149. The quantitative estimate of drug-likeness (QED) is 0.554. The van der Waals surface area contributed by atoms with Crippen molar-refractivity contribution in [3.8, 4) is 6.07 Å². The average molecular weight is 245 g/mol. The topological polar surface area (TPSA) is 53.3 Å². The smallest absolute Gasteiger partial charge is 0.309 e. The molecule has 0 radical (unpaired) electrons. The molecule has 1 saturated heterocycles. The van der Waals surface area contributed by atoms with E-state index in [0.717, 1.165) is 25.9 Å². The Bertz CT molecular complexity index is 270. The van der Waals surface area contributed by atoms with E-state index in [-0.39, 0.29) is 11.9 Å². The fraction of sp³-hybridized carbons (Fsp3) is 0.818. The molecule has 1 atom stereocenters. The first-order chi connectivity index (χ1) is 7.67. The van der Waals surface area contributed by atoms with Crippen LogP contribution < -0.4 is 0 Å². The fourth-order valence-corrected chi connectivity index (χ4v) is 2.07. The second-order valence-electron chi connectivity index (χ2n) is 3.92. The van der Waals surface area contributed by atoms with Crippen LogP contribution in [-0.4, -0.2) is 42.5 Å². The number of carbonyl (C=O) groups is 1. The summed E-state index contributed by atoms with van der Waals surface area (Å²) < 4.78 is 4.98. The Hall–Kier alpha value is -0.790. The molecular weight excluding hydrogens is 228 g/mol. The van der Waals surface area contributed by atoms with Gasteiger partial charge in [-0.1, -0.05) is 0 Å². The standard InChI is InChI=1S/C11H17ClN2O2/c1-2-16-11(15)9-3-5-14(6-4-9)8-10(12)7-13/h9-10H,2-6,8H2,1H3. The summed E-state index contributed by atoms with van der Waals surface area (Å²) in [5, 5.41) is 8.13. The molecule has 1 heterocycles. The number of hydrogen-bond donors (Lipinski definition) is 0. The number of piperidine rings is 1. The first-order valence-electron chi connectivity index (χ1n) is 5.60. The zero-order valence-electron chi connectivity index (χ0n) is 9.49. The van der Waals surface area contributed by atoms with Gasteiger partial charge in [-0.25, -0.2) is 0 Å². The molecule has 0 aromatic rings. The minimum atomic E-state index is -0.459. The number of nitriles is 1. The molecule has 1 aliphatic heterocycles. The molecule has 0 amide bonds. The average Bonchev–Trinajstić information content (AvgIpc) is 2.30. The SMILES string of the molecule is CCOC(=O)C1CCN(CC(Cl)C#N)CC1. The third kappa shape index (κ3) is 3.99. The third-order valence-corrected chi connectivity index (χ3v) is 3.00. The van der Waals surface area contributed by atoms with E-state index in [0.29, 0.717) is 13.2 Å². The molecular formula is C11H17ClN2O2. The number of esters is 1. The van der Waals surface area contributed by atoms with Gasteiger partial charge in [-0.2, -0.15) is 5.26 Å². The molecule has 4 nitrogen and oxygen atoms in total. The summed E-state index contributed by atoms with van der Waals surface area (Å²) in [4.78, 5) is 13.6. The third-order valence-electron chi connectivity index (χ3n) is 2.77. The van der Waals surface area contributed by atoms with Crippen molar-refractivity contribution < 1.29 is 9.53 Å². The minimum Gasteiger partial charge on any atom is -0.466 e. The molecule has 0 saturated carbocycles. The molecule has 1 aliphatic rings. The monoisotopic (exact) mass is 244 g/mol. The Morgan fingerprint density at radius 1 is 1.62 bits per heavy atom. The van der Waals surface area contributed by atoms with Gasteiger partial charge in [0.2, 0.25) is 0 Å². The highest BCUT2D eigenvalue weighted by molar-refractivity contribution is 6.22. The van der Waals surface area contributed by atoms with Gasteiger partial charge in [0.05, 0.1) is 18.6 Å². The second-order valence-corrected chi connectivity index (χ2v) is 4.45. The van der Waals surface area contributed by atoms with Gasteiger partial charge in [-0.15, -0.1) is 11.6 Å². The maximum atomic E-state index is 11.5. The first kappa shape index (κ1) is 13.3. The Morgan fingerprint density at radius 3 is 2.75 bits per heavy atom. The molecule has 0 N–H and O–H groups in total. The lowest BCUT2D eigenvalue weighted by Crippen LogP contribution is -2.39. The van der Waals surface area contributed by atoms with Crippen molar-refractivity contribution in [2.24, 2.45) is 5.92 Å². The minimum absolute atomic E-state index is 0.0204. The van der Waals surface area contributed by atoms with Crippen LogP contribution >= 0.6 is 11.6 Å². The normalized spacial score (nSPS) is 20.1. The Morgan fingerprint density at radius 2 is 2.25 bits per heavy atom. The van der Waals surface area contributed by atoms with Crippen molar-refractivity contribution in [1.82, 2.24) is 4.90 Å². The van der Waals surface area contributed by atoms with Gasteiger partial charge >= 0.3 is 5.97 Å². The van der Waals surface area contributed by atoms with Crippen molar-refractivity contribution >= 4 is 17.6 Å². The van der Waals surface area contributed by atoms with Crippen molar-refractivity contribution in [2.75, 3.05) is 26.2 Å². The summed E-state index contributed by atoms with van der Waals surface area (Å²) in [6.45, 7) is 4.46. The van der Waals surface area contributed by atoms with E-state index in [1.807, 2.05) is 13.0 Å². The first-order valence-corrected chi connectivity index (χ1v) is 6.03. The number of likely N-dealkylation sites (tertiary alicyclic amines) is 1. The molecule has 1 unspecified atom stereocenters. The van der Waals surface area contributed by atoms with E-state index in [1.165, 1.54) is 0 Å². The Labute approximate surface area is 101 Å². The molecule has 0 bridgehead atoms. The summed E-state index contributed by atoms with van der Waals surface area (Å²) in [6, 6.07) is 2.00. The van der Waals surface area contributed by atoms with Crippen molar-refractivity contribution in [3.63, 3.8) is 0 Å². The number of hydrogen-bond acceptors (Lipinski definition) is 4. The molecule has 0 spiro atoms. The molecule has 5 heteroatoms. The fourth-order valence-electron chi connectivity index (χ4n) is 1.88. The summed E-state index contributed by atoms with van der Waals surface area (Å²) in [6.07, 6.45) is 1.60. The number of ether oxygens (including phenoxy) is 1. The molecule has 0 aromatic carbocycles. The van der Waals surface area contributed by atoms with Gasteiger partial charge in [0.15, 0.2) is 0 Å². The highest BCUT2D eigenvalue weighted by Gasteiger charge is 2.26. The largest absolute Gasteiger partial charge is 0.466 e. The number of carbonyl (C=O) groups excluding carboxylic acids is 1. The van der Waals surface area contributed by atoms with Gasteiger partial charge in [0.1, 0.15) is 5.38 Å². The van der Waals surface area contributed by atoms with Gasteiger partial charge < -0.3 is 9.64 Å². The van der Waals surface area contributed by atoms with Crippen LogP contribution in [0.15, 0.2) is 0 Å². The van der Waals surface area contributed by atoms with Gasteiger partial charge in [0.25, 0.3) is 0 Å². The van der Waals surface area contributed by atoms with E-state index in [9.17, 15) is 4.79 Å². The molecule has 16 heavy (non-hydrogen) atoms. The zero-order chi connectivity index (χ0) is 12.0. The van der Waals surface area contributed by atoms with Crippen LogP contribution in [0.3, 0.4) is 0 Å². The highest BCUT2D eigenvalue weighted by Crippen LogP contribution is 2.19. The number of nitrogens with zero attached hydrogens (tertiary/aromatic N) is 2. The maximum absolute atomic E-state index is 11.5. The van der Waals surface area contributed by atoms with Gasteiger partial charge in [-0.05, 0) is 32.9 Å². The molecule has 90 valence electrons. The van der Waals surface area contributed by atoms with Crippen LogP contribution in [0.2, 0.25) is 0 Å². The van der Waals surface area contributed by atoms with Crippen molar-refractivity contribution in [2.45, 2.75) is 25.1 Å². The van der Waals surface area contributed by atoms with Gasteiger partial charge in [-0.3, -0.25) is 4.79 Å². The Balaban J connectivity index is 2.29. The zero-order valence-corrected chi connectivity index (χ0v) is 10.2. The van der Waals surface area contributed by atoms with E-state index in [4.69, 9.17) is 21.6 Å². The number of rotatable bonds is 4. The summed E-state index contributed by atoms with van der Waals surface area (Å²) in [5.74, 6) is -0.0723. The van der Waals surface area contributed by atoms with E-state index < -0.39 is 5.38 Å². The van der Waals surface area contributed by atoms with Crippen molar-refractivity contribution in [1.29, 1.82) is 5.26 Å². The predicted molar refractivity (Wildman–Crippen MR) is 61.1 cm³/mol. The summed E-state index contributed by atoms with van der Waals surface area (Å²) in [7, 11) is 0. The molecule has 0 aromatic heterocycles. The number of alkyl halides is 1. The molecule has 0 aliphatic carbocycles. The van der Waals surface area contributed by atoms with E-state index >= 15 is 0 Å². The lowest BCUT2D eigenvalue weighted by atomic mass is 9.97. The summed E-state index contributed by atoms with van der Waals surface area (Å²) in [5.41, 5.74) is 0. The van der Waals surface area contributed by atoms with Crippen molar-refractivity contribution in [3.05, 3.63) is 0 Å². The van der Waals surface area contributed by atoms with Crippen LogP contribution in [0.5, 0.6) is 0 Å². The highest BCUT2D eigenvalue weighted by atomic mass is 35.5. The molecule has 1 fully saturated rings. The Kier molecular flexibility index (Phi) is 5.58. The van der Waals surface area contributed by atoms with Crippen LogP contribution in [-0.2, 0) is 9.53 Å². The van der Waals surface area contributed by atoms with Crippen LogP contribution in [0.4, 0.5) is 0 Å². The summed E-state index contributed by atoms with van der Waals surface area (Å²) >= 11 is 5.75. The van der Waals surface area contributed by atoms with E-state index in [2.05, 4.69) is 4.90 Å². The van der Waals surface area contributed by atoms with Crippen LogP contribution in [0, 0.1) is 17.2 Å². The number of halogens is 1. The van der Waals surface area contributed by atoms with Gasteiger partial charge in [0, 0.05) is 6.54 Å². The maximum Gasteiger partial charge on any atom is 0.309 e. The lowest BCUT2D eigenvalue weighted by Gasteiger charge is -2.30.